The van der Waals surface area contributed by atoms with E-state index in [1.807, 2.05) is 12.2 Å². The van der Waals surface area contributed by atoms with Crippen molar-refractivity contribution in [2.45, 2.75) is 13.3 Å². The highest BCUT2D eigenvalue weighted by molar-refractivity contribution is 6.00. The number of carbonyl (C=O) groups is 1. The molecular formula is C8H10O. The summed E-state index contributed by atoms with van der Waals surface area (Å²) in [5.74, 6) is 0.599. The highest BCUT2D eigenvalue weighted by Crippen LogP contribution is 2.09. The average Bonchev–Trinajstić information content (AvgIpc) is 1.90. The minimum atomic E-state index is 0.111. The van der Waals surface area contributed by atoms with E-state index in [1.54, 1.807) is 12.2 Å². The summed E-state index contributed by atoms with van der Waals surface area (Å²) in [5.41, 5.74) is 0. The molecule has 0 aromatic carbocycles. The van der Waals surface area contributed by atoms with Gasteiger partial charge in [-0.15, -0.1) is 0 Å². The zero-order chi connectivity index (χ0) is 6.69. The van der Waals surface area contributed by atoms with Crippen molar-refractivity contribution < 1.29 is 4.79 Å². The van der Waals surface area contributed by atoms with Gasteiger partial charge in [-0.05, 0) is 24.5 Å². The van der Waals surface area contributed by atoms with Gasteiger partial charge in [0.2, 0.25) is 0 Å². The van der Waals surface area contributed by atoms with Crippen LogP contribution >= 0.6 is 0 Å². The number of hydrogen-bond donors (Lipinski definition) is 0. The first-order chi connectivity index (χ1) is 4.33. The molecule has 0 saturated carbocycles. The van der Waals surface area contributed by atoms with Gasteiger partial charge >= 0.3 is 0 Å². The largest absolute Gasteiger partial charge is 0.290 e. The Balaban J connectivity index is 2.58. The second-order valence-corrected chi connectivity index (χ2v) is 2.19. The fourth-order valence-electron chi connectivity index (χ4n) is 0.829. The van der Waals surface area contributed by atoms with Gasteiger partial charge in [0.05, 0.1) is 0 Å². The lowest BCUT2D eigenvalue weighted by Gasteiger charge is -2.04. The first-order valence-corrected chi connectivity index (χ1v) is 3.23. The Morgan fingerprint density at radius 1 is 1.44 bits per heavy atom. The van der Waals surface area contributed by atoms with Gasteiger partial charge in [0.1, 0.15) is 0 Å². The van der Waals surface area contributed by atoms with Crippen LogP contribution in [-0.4, -0.2) is 5.78 Å². The van der Waals surface area contributed by atoms with Gasteiger partial charge in [-0.3, -0.25) is 4.79 Å². The highest BCUT2D eigenvalue weighted by Gasteiger charge is 2.01. The predicted molar refractivity (Wildman–Crippen MR) is 37.1 cm³/mol. The standard InChI is InChI=1S/C8H10O/c1-2-7-3-5-8(9)6-4-7/h3-7H,2H2,1H3. The molecule has 0 aromatic heterocycles. The number of allylic oxidation sites excluding steroid dienone is 4. The molecule has 1 nitrogen and oxygen atoms in total. The summed E-state index contributed by atoms with van der Waals surface area (Å²) < 4.78 is 0. The highest BCUT2D eigenvalue weighted by atomic mass is 16.1. The van der Waals surface area contributed by atoms with E-state index in [-0.39, 0.29) is 5.78 Å². The van der Waals surface area contributed by atoms with Crippen molar-refractivity contribution in [1.82, 2.24) is 0 Å². The van der Waals surface area contributed by atoms with Gasteiger partial charge in [-0.25, -0.2) is 0 Å². The molecular weight excluding hydrogens is 112 g/mol. The van der Waals surface area contributed by atoms with E-state index >= 15 is 0 Å². The van der Waals surface area contributed by atoms with Crippen molar-refractivity contribution in [3.05, 3.63) is 24.3 Å². The van der Waals surface area contributed by atoms with Gasteiger partial charge in [0.25, 0.3) is 0 Å². The van der Waals surface area contributed by atoms with E-state index in [4.69, 9.17) is 0 Å². The smallest absolute Gasteiger partial charge is 0.178 e. The maximum absolute atomic E-state index is 10.6. The molecule has 0 spiro atoms. The minimum absolute atomic E-state index is 0.111. The molecule has 0 amide bonds. The van der Waals surface area contributed by atoms with E-state index < -0.39 is 0 Å². The van der Waals surface area contributed by atoms with Crippen LogP contribution in [0.3, 0.4) is 0 Å². The Morgan fingerprint density at radius 3 is 2.44 bits per heavy atom. The van der Waals surface area contributed by atoms with Crippen LogP contribution in [0.2, 0.25) is 0 Å². The third kappa shape index (κ3) is 1.53. The summed E-state index contributed by atoms with van der Waals surface area (Å²) >= 11 is 0. The first kappa shape index (κ1) is 6.27. The molecule has 0 radical (unpaired) electrons. The van der Waals surface area contributed by atoms with E-state index in [0.717, 1.165) is 6.42 Å². The summed E-state index contributed by atoms with van der Waals surface area (Å²) in [6, 6.07) is 0. The lowest BCUT2D eigenvalue weighted by Crippen LogP contribution is -1.98. The maximum atomic E-state index is 10.6. The monoisotopic (exact) mass is 122 g/mol. The molecule has 1 rings (SSSR count). The Hall–Kier alpha value is -0.850. The van der Waals surface area contributed by atoms with Crippen molar-refractivity contribution in [2.24, 2.45) is 5.92 Å². The predicted octanol–water partition coefficient (Wildman–Crippen LogP) is 1.71. The number of hydrogen-bond acceptors (Lipinski definition) is 1. The zero-order valence-electron chi connectivity index (χ0n) is 5.50. The van der Waals surface area contributed by atoms with Gasteiger partial charge in [-0.1, -0.05) is 19.1 Å². The topological polar surface area (TPSA) is 17.1 Å². The molecule has 0 heterocycles. The van der Waals surface area contributed by atoms with Crippen LogP contribution in [0.1, 0.15) is 13.3 Å². The maximum Gasteiger partial charge on any atom is 0.178 e. The third-order valence-corrected chi connectivity index (χ3v) is 1.49. The van der Waals surface area contributed by atoms with Crippen molar-refractivity contribution in [1.29, 1.82) is 0 Å². The second-order valence-electron chi connectivity index (χ2n) is 2.19. The van der Waals surface area contributed by atoms with Crippen molar-refractivity contribution in [2.75, 3.05) is 0 Å². The molecule has 0 saturated heterocycles. The van der Waals surface area contributed by atoms with E-state index in [0.29, 0.717) is 5.92 Å². The van der Waals surface area contributed by atoms with Crippen LogP contribution in [0.15, 0.2) is 24.3 Å². The molecule has 48 valence electrons. The summed E-state index contributed by atoms with van der Waals surface area (Å²) in [6.07, 6.45) is 8.24. The molecule has 0 unspecified atom stereocenters. The number of carbonyl (C=O) groups excluding carboxylic acids is 1. The summed E-state index contributed by atoms with van der Waals surface area (Å²) in [7, 11) is 0. The Bertz CT molecular complexity index is 149. The van der Waals surface area contributed by atoms with Crippen LogP contribution in [0.4, 0.5) is 0 Å². The fraction of sp³-hybridized carbons (Fsp3) is 0.375. The summed E-state index contributed by atoms with van der Waals surface area (Å²) in [6.45, 7) is 2.11. The minimum Gasteiger partial charge on any atom is -0.290 e. The van der Waals surface area contributed by atoms with Gasteiger partial charge in [0.15, 0.2) is 5.78 Å². The Morgan fingerprint density at radius 2 is 2.00 bits per heavy atom. The van der Waals surface area contributed by atoms with Crippen LogP contribution < -0.4 is 0 Å². The average molecular weight is 122 g/mol. The molecule has 0 atom stereocenters. The quantitative estimate of drug-likeness (QED) is 0.517. The normalized spacial score (nSPS) is 19.0. The van der Waals surface area contributed by atoms with Crippen LogP contribution in [0.5, 0.6) is 0 Å². The van der Waals surface area contributed by atoms with E-state index in [2.05, 4.69) is 6.92 Å². The second kappa shape index (κ2) is 2.62. The van der Waals surface area contributed by atoms with Crippen molar-refractivity contribution in [3.63, 3.8) is 0 Å². The molecule has 1 aliphatic carbocycles. The van der Waals surface area contributed by atoms with Crippen LogP contribution in [0.25, 0.3) is 0 Å². The Labute approximate surface area is 55.1 Å². The molecule has 0 N–H and O–H groups in total. The molecule has 0 fully saturated rings. The molecule has 1 heteroatoms. The van der Waals surface area contributed by atoms with Crippen LogP contribution in [0, 0.1) is 5.92 Å². The molecule has 0 aliphatic heterocycles. The Kier molecular flexibility index (Phi) is 1.83. The molecule has 1 aliphatic rings. The number of rotatable bonds is 1. The molecule has 0 aromatic rings. The first-order valence-electron chi connectivity index (χ1n) is 3.23. The molecule has 0 bridgehead atoms. The van der Waals surface area contributed by atoms with E-state index in [9.17, 15) is 4.79 Å². The van der Waals surface area contributed by atoms with Crippen LogP contribution in [-0.2, 0) is 4.79 Å². The molecule has 9 heavy (non-hydrogen) atoms. The number of ketones is 1. The van der Waals surface area contributed by atoms with Gasteiger partial charge in [0, 0.05) is 0 Å². The lowest BCUT2D eigenvalue weighted by atomic mass is 10.0. The zero-order valence-corrected chi connectivity index (χ0v) is 5.50. The van der Waals surface area contributed by atoms with Crippen molar-refractivity contribution >= 4 is 5.78 Å². The lowest BCUT2D eigenvalue weighted by molar-refractivity contribution is -0.110. The van der Waals surface area contributed by atoms with E-state index in [1.165, 1.54) is 0 Å². The summed E-state index contributed by atoms with van der Waals surface area (Å²) in [5, 5.41) is 0. The third-order valence-electron chi connectivity index (χ3n) is 1.49. The van der Waals surface area contributed by atoms with Gasteiger partial charge < -0.3 is 0 Å². The van der Waals surface area contributed by atoms with Gasteiger partial charge in [-0.2, -0.15) is 0 Å². The SMILES string of the molecule is CCC1C=CC(=O)C=C1. The van der Waals surface area contributed by atoms with Crippen molar-refractivity contribution in [3.8, 4) is 0 Å². The summed E-state index contributed by atoms with van der Waals surface area (Å²) in [4.78, 5) is 10.6. The fourth-order valence-corrected chi connectivity index (χ4v) is 0.829.